The van der Waals surface area contributed by atoms with E-state index in [0.717, 1.165) is 0 Å². The van der Waals surface area contributed by atoms with Crippen molar-refractivity contribution in [1.29, 1.82) is 0 Å². The lowest BCUT2D eigenvalue weighted by atomic mass is 9.68. The summed E-state index contributed by atoms with van der Waals surface area (Å²) in [6, 6.07) is 9.05. The Morgan fingerprint density at radius 3 is 2.47 bits per heavy atom. The van der Waals surface area contributed by atoms with E-state index in [9.17, 15) is 0 Å². The van der Waals surface area contributed by atoms with Gasteiger partial charge in [-0.25, -0.2) is 0 Å². The van der Waals surface area contributed by atoms with Gasteiger partial charge in [0.15, 0.2) is 0 Å². The third-order valence-electron chi connectivity index (χ3n) is 4.89. The summed E-state index contributed by atoms with van der Waals surface area (Å²) in [6.07, 6.45) is 11.7. The molecule has 17 heavy (non-hydrogen) atoms. The average molecular weight is 224 g/mol. The zero-order chi connectivity index (χ0) is 11.9. The van der Waals surface area contributed by atoms with E-state index in [0.29, 0.717) is 17.3 Å². The Bertz CT molecular complexity index is 475. The Kier molecular flexibility index (Phi) is 2.47. The third kappa shape index (κ3) is 1.30. The second-order valence-corrected chi connectivity index (χ2v) is 5.27. The normalized spacial score (nSPS) is 27.9. The molecule has 0 heteroatoms. The highest BCUT2D eigenvalue weighted by molar-refractivity contribution is 5.49. The molecule has 0 amide bonds. The maximum Gasteiger partial charge on any atom is 0.00955 e. The number of rotatable bonds is 2. The van der Waals surface area contributed by atoms with E-state index in [1.807, 2.05) is 0 Å². The van der Waals surface area contributed by atoms with Gasteiger partial charge in [-0.1, -0.05) is 62.4 Å². The van der Waals surface area contributed by atoms with Gasteiger partial charge in [-0.05, 0) is 29.9 Å². The molecule has 1 aromatic carbocycles. The largest absolute Gasteiger partial charge is 0.0796 e. The Morgan fingerprint density at radius 1 is 1.00 bits per heavy atom. The van der Waals surface area contributed by atoms with Crippen LogP contribution in [0.4, 0.5) is 0 Å². The van der Waals surface area contributed by atoms with Crippen LogP contribution in [0, 0.1) is 5.92 Å². The first kappa shape index (κ1) is 10.8. The molecule has 0 fully saturated rings. The van der Waals surface area contributed by atoms with E-state index in [-0.39, 0.29) is 0 Å². The molecule has 0 saturated heterocycles. The van der Waals surface area contributed by atoms with Crippen LogP contribution in [-0.2, 0) is 5.41 Å². The monoisotopic (exact) mass is 224 g/mol. The Hall–Kier alpha value is -1.30. The number of hydrogen-bond acceptors (Lipinski definition) is 0. The van der Waals surface area contributed by atoms with Gasteiger partial charge >= 0.3 is 0 Å². The maximum atomic E-state index is 2.43. The highest BCUT2D eigenvalue weighted by Gasteiger charge is 2.47. The Morgan fingerprint density at radius 2 is 1.71 bits per heavy atom. The number of fused-ring (bicyclic) bond motifs is 3. The van der Waals surface area contributed by atoms with Crippen LogP contribution in [0.5, 0.6) is 0 Å². The van der Waals surface area contributed by atoms with Gasteiger partial charge in [-0.15, -0.1) is 0 Å². The quantitative estimate of drug-likeness (QED) is 0.689. The third-order valence-corrected chi connectivity index (χ3v) is 4.89. The molecule has 0 aliphatic heterocycles. The van der Waals surface area contributed by atoms with Gasteiger partial charge in [-0.3, -0.25) is 0 Å². The first-order chi connectivity index (χ1) is 8.33. The fourth-order valence-corrected chi connectivity index (χ4v) is 3.96. The average Bonchev–Trinajstić information content (AvgIpc) is 2.70. The Balaban J connectivity index is 2.23. The topological polar surface area (TPSA) is 0 Å². The summed E-state index contributed by atoms with van der Waals surface area (Å²) in [5.41, 5.74) is 3.51. The standard InChI is InChI=1S/C17H20/c1-3-17(4-2)15-11-7-5-9-13(15)14-10-6-8-12-16(14)17/h5-13,15H,3-4H2,1-2H3. The summed E-state index contributed by atoms with van der Waals surface area (Å²) < 4.78 is 0. The number of benzene rings is 1. The van der Waals surface area contributed by atoms with Crippen molar-refractivity contribution in [2.75, 3.05) is 0 Å². The van der Waals surface area contributed by atoms with Crippen LogP contribution in [0.15, 0.2) is 48.6 Å². The van der Waals surface area contributed by atoms with Crippen molar-refractivity contribution in [2.45, 2.75) is 38.0 Å². The molecule has 3 rings (SSSR count). The van der Waals surface area contributed by atoms with Gasteiger partial charge in [0.1, 0.15) is 0 Å². The minimum absolute atomic E-state index is 0.364. The molecule has 0 saturated carbocycles. The molecule has 0 radical (unpaired) electrons. The van der Waals surface area contributed by atoms with Gasteiger partial charge in [-0.2, -0.15) is 0 Å². The van der Waals surface area contributed by atoms with Gasteiger partial charge in [0.25, 0.3) is 0 Å². The van der Waals surface area contributed by atoms with Crippen molar-refractivity contribution in [3.05, 3.63) is 59.7 Å². The highest BCUT2D eigenvalue weighted by atomic mass is 14.5. The lowest BCUT2D eigenvalue weighted by molar-refractivity contribution is 0.305. The maximum absolute atomic E-state index is 2.43. The summed E-state index contributed by atoms with van der Waals surface area (Å²) in [5.74, 6) is 1.27. The Labute approximate surface area is 104 Å². The fraction of sp³-hybridized carbons (Fsp3) is 0.412. The second kappa shape index (κ2) is 3.87. The van der Waals surface area contributed by atoms with E-state index in [4.69, 9.17) is 0 Å². The molecule has 2 unspecified atom stereocenters. The van der Waals surface area contributed by atoms with Crippen molar-refractivity contribution in [2.24, 2.45) is 5.92 Å². The summed E-state index contributed by atoms with van der Waals surface area (Å²) in [4.78, 5) is 0. The molecule has 0 spiro atoms. The van der Waals surface area contributed by atoms with Crippen LogP contribution in [0.1, 0.15) is 43.7 Å². The van der Waals surface area contributed by atoms with Crippen molar-refractivity contribution in [1.82, 2.24) is 0 Å². The van der Waals surface area contributed by atoms with Crippen molar-refractivity contribution in [3.63, 3.8) is 0 Å². The first-order valence-electron chi connectivity index (χ1n) is 6.78. The molecule has 2 aliphatic carbocycles. The van der Waals surface area contributed by atoms with Crippen molar-refractivity contribution in [3.8, 4) is 0 Å². The summed E-state index contributed by atoms with van der Waals surface area (Å²) >= 11 is 0. The van der Waals surface area contributed by atoms with Crippen LogP contribution in [-0.4, -0.2) is 0 Å². The molecule has 2 aliphatic rings. The van der Waals surface area contributed by atoms with Crippen LogP contribution >= 0.6 is 0 Å². The summed E-state index contributed by atoms with van der Waals surface area (Å²) in [5, 5.41) is 0. The highest BCUT2D eigenvalue weighted by Crippen LogP contribution is 2.56. The molecule has 2 atom stereocenters. The van der Waals surface area contributed by atoms with Crippen LogP contribution < -0.4 is 0 Å². The lowest BCUT2D eigenvalue weighted by Crippen LogP contribution is -2.30. The van der Waals surface area contributed by atoms with Gasteiger partial charge in [0.05, 0.1) is 0 Å². The smallest absolute Gasteiger partial charge is 0.00955 e. The van der Waals surface area contributed by atoms with E-state index >= 15 is 0 Å². The van der Waals surface area contributed by atoms with E-state index in [1.54, 1.807) is 11.1 Å². The zero-order valence-corrected chi connectivity index (χ0v) is 10.7. The van der Waals surface area contributed by atoms with Gasteiger partial charge < -0.3 is 0 Å². The molecule has 88 valence electrons. The molecular formula is C17H20. The van der Waals surface area contributed by atoms with Crippen LogP contribution in [0.3, 0.4) is 0 Å². The van der Waals surface area contributed by atoms with Crippen molar-refractivity contribution >= 4 is 0 Å². The second-order valence-electron chi connectivity index (χ2n) is 5.27. The van der Waals surface area contributed by atoms with Crippen LogP contribution in [0.2, 0.25) is 0 Å². The van der Waals surface area contributed by atoms with Gasteiger partial charge in [0, 0.05) is 11.3 Å². The molecule has 0 N–H and O–H groups in total. The predicted molar refractivity (Wildman–Crippen MR) is 73.2 cm³/mol. The van der Waals surface area contributed by atoms with E-state index < -0.39 is 0 Å². The molecule has 1 aromatic rings. The number of allylic oxidation sites excluding steroid dienone is 4. The molecule has 0 bridgehead atoms. The zero-order valence-electron chi connectivity index (χ0n) is 10.7. The molecule has 0 heterocycles. The molecule has 0 aromatic heterocycles. The van der Waals surface area contributed by atoms with Crippen LogP contribution in [0.25, 0.3) is 0 Å². The molecule has 0 nitrogen and oxygen atoms in total. The van der Waals surface area contributed by atoms with E-state index in [2.05, 4.69) is 62.4 Å². The van der Waals surface area contributed by atoms with E-state index in [1.165, 1.54) is 12.8 Å². The lowest BCUT2D eigenvalue weighted by Gasteiger charge is -2.35. The first-order valence-corrected chi connectivity index (χ1v) is 6.78. The minimum atomic E-state index is 0.364. The summed E-state index contributed by atoms with van der Waals surface area (Å²) in [6.45, 7) is 4.68. The fourth-order valence-electron chi connectivity index (χ4n) is 3.96. The SMILES string of the molecule is CCC1(CC)c2ccccc2C2C=CC=CC21. The van der Waals surface area contributed by atoms with Gasteiger partial charge in [0.2, 0.25) is 0 Å². The minimum Gasteiger partial charge on any atom is -0.0796 e. The summed E-state index contributed by atoms with van der Waals surface area (Å²) in [7, 11) is 0. The predicted octanol–water partition coefficient (Wildman–Crippen LogP) is 4.58. The molecular weight excluding hydrogens is 204 g/mol. The number of hydrogen-bond donors (Lipinski definition) is 0. The van der Waals surface area contributed by atoms with Crippen molar-refractivity contribution < 1.29 is 0 Å².